The lowest BCUT2D eigenvalue weighted by atomic mass is 9.94. The molecule has 1 aromatic heterocycles. The molecule has 2 N–H and O–H groups in total. The van der Waals surface area contributed by atoms with Crippen LogP contribution in [0.5, 0.6) is 0 Å². The number of amides is 2. The van der Waals surface area contributed by atoms with Gasteiger partial charge in [-0.15, -0.1) is 0 Å². The van der Waals surface area contributed by atoms with Gasteiger partial charge in [-0.1, -0.05) is 6.07 Å². The molecule has 2 aliphatic heterocycles. The van der Waals surface area contributed by atoms with Gasteiger partial charge in [0, 0.05) is 19.8 Å². The van der Waals surface area contributed by atoms with E-state index in [4.69, 9.17) is 9.47 Å². The normalized spacial score (nSPS) is 29.2. The number of nitrogens with zero attached hydrogens (tertiary/aromatic N) is 2. The topological polar surface area (TPSA) is 101 Å². The molecule has 2 saturated heterocycles. The van der Waals surface area contributed by atoms with E-state index in [1.165, 1.54) is 0 Å². The van der Waals surface area contributed by atoms with Gasteiger partial charge in [0.25, 0.3) is 5.91 Å². The summed E-state index contributed by atoms with van der Waals surface area (Å²) in [5.74, 6) is -0.299. The third kappa shape index (κ3) is 4.38. The highest BCUT2D eigenvalue weighted by Crippen LogP contribution is 2.28. The number of aliphatic hydroxyl groups excluding tert-OH is 1. The second kappa shape index (κ2) is 8.57. The summed E-state index contributed by atoms with van der Waals surface area (Å²) in [6.07, 6.45) is 1.92. The lowest BCUT2D eigenvalue weighted by molar-refractivity contribution is -0.150. The lowest BCUT2D eigenvalue weighted by Gasteiger charge is -2.44. The first-order valence-corrected chi connectivity index (χ1v) is 8.92. The molecule has 26 heavy (non-hydrogen) atoms. The molecule has 4 atom stereocenters. The maximum atomic E-state index is 13.0. The number of hydrogen-bond donors (Lipinski definition) is 2. The van der Waals surface area contributed by atoms with Gasteiger partial charge in [-0.3, -0.25) is 14.6 Å². The minimum absolute atomic E-state index is 0.0722. The maximum absolute atomic E-state index is 13.0. The monoisotopic (exact) mass is 363 g/mol. The molecule has 8 nitrogen and oxygen atoms in total. The summed E-state index contributed by atoms with van der Waals surface area (Å²) in [5, 5.41) is 12.7. The van der Waals surface area contributed by atoms with Gasteiger partial charge in [0.2, 0.25) is 5.91 Å². The van der Waals surface area contributed by atoms with E-state index >= 15 is 0 Å². The summed E-state index contributed by atoms with van der Waals surface area (Å²) >= 11 is 0. The predicted molar refractivity (Wildman–Crippen MR) is 92.5 cm³/mol. The number of fused-ring (bicyclic) bond motifs is 1. The SMILES string of the molecule is CNC(=O)C[C@@H]1CC[C@H]2[C@@H](COC[C@H](O)CN2C(=O)c2ccccn2)O1. The highest BCUT2D eigenvalue weighted by Gasteiger charge is 2.40. The highest BCUT2D eigenvalue weighted by atomic mass is 16.5. The predicted octanol–water partition coefficient (Wildman–Crippen LogP) is -0.0328. The van der Waals surface area contributed by atoms with E-state index in [2.05, 4.69) is 10.3 Å². The fourth-order valence-corrected chi connectivity index (χ4v) is 3.52. The van der Waals surface area contributed by atoms with E-state index in [1.807, 2.05) is 0 Å². The van der Waals surface area contributed by atoms with Crippen LogP contribution in [0.4, 0.5) is 0 Å². The van der Waals surface area contributed by atoms with Gasteiger partial charge >= 0.3 is 0 Å². The van der Waals surface area contributed by atoms with Gasteiger partial charge in [0.1, 0.15) is 11.8 Å². The van der Waals surface area contributed by atoms with Crippen LogP contribution < -0.4 is 5.32 Å². The number of aromatic nitrogens is 1. The van der Waals surface area contributed by atoms with Crippen molar-refractivity contribution in [2.75, 3.05) is 26.8 Å². The third-order valence-electron chi connectivity index (χ3n) is 4.82. The van der Waals surface area contributed by atoms with Crippen molar-refractivity contribution in [3.8, 4) is 0 Å². The Kier molecular flexibility index (Phi) is 6.18. The van der Waals surface area contributed by atoms with E-state index in [1.54, 1.807) is 36.3 Å². The minimum Gasteiger partial charge on any atom is -0.389 e. The molecule has 8 heteroatoms. The summed E-state index contributed by atoms with van der Waals surface area (Å²) in [7, 11) is 1.60. The van der Waals surface area contributed by atoms with Crippen molar-refractivity contribution in [2.24, 2.45) is 0 Å². The van der Waals surface area contributed by atoms with Crippen LogP contribution in [0.15, 0.2) is 24.4 Å². The number of hydrogen-bond acceptors (Lipinski definition) is 6. The molecule has 0 unspecified atom stereocenters. The number of ether oxygens (including phenoxy) is 2. The van der Waals surface area contributed by atoms with Crippen LogP contribution in [0.1, 0.15) is 29.8 Å². The molecule has 3 heterocycles. The maximum Gasteiger partial charge on any atom is 0.272 e. The van der Waals surface area contributed by atoms with Crippen molar-refractivity contribution in [3.05, 3.63) is 30.1 Å². The standard InChI is InChI=1S/C18H25N3O5/c1-19-17(23)8-13-5-6-15-16(26-13)11-25-10-12(22)9-21(15)18(24)14-4-2-3-7-20-14/h2-4,7,12-13,15-16,22H,5-6,8-11H2,1H3,(H,19,23)/t12-,13+,15+,16-/m1/s1. The Labute approximate surface area is 152 Å². The molecular weight excluding hydrogens is 338 g/mol. The Balaban J connectivity index is 1.77. The molecule has 0 spiro atoms. The van der Waals surface area contributed by atoms with Crippen LogP contribution in [0.2, 0.25) is 0 Å². The van der Waals surface area contributed by atoms with Crippen molar-refractivity contribution in [3.63, 3.8) is 0 Å². The fourth-order valence-electron chi connectivity index (χ4n) is 3.52. The van der Waals surface area contributed by atoms with E-state index in [0.717, 1.165) is 0 Å². The van der Waals surface area contributed by atoms with Crippen molar-refractivity contribution < 1.29 is 24.2 Å². The van der Waals surface area contributed by atoms with Crippen LogP contribution in [-0.4, -0.2) is 78.0 Å². The van der Waals surface area contributed by atoms with Crippen molar-refractivity contribution in [1.29, 1.82) is 0 Å². The molecular formula is C18H25N3O5. The second-order valence-electron chi connectivity index (χ2n) is 6.68. The number of rotatable bonds is 3. The summed E-state index contributed by atoms with van der Waals surface area (Å²) in [5.41, 5.74) is 0.340. The van der Waals surface area contributed by atoms with Crippen LogP contribution in [-0.2, 0) is 14.3 Å². The van der Waals surface area contributed by atoms with Crippen LogP contribution in [0.3, 0.4) is 0 Å². The molecule has 0 saturated carbocycles. The van der Waals surface area contributed by atoms with E-state index in [9.17, 15) is 14.7 Å². The molecule has 3 rings (SSSR count). The van der Waals surface area contributed by atoms with Crippen LogP contribution in [0.25, 0.3) is 0 Å². The Hall–Kier alpha value is -2.03. The summed E-state index contributed by atoms with van der Waals surface area (Å²) in [4.78, 5) is 30.4. The summed E-state index contributed by atoms with van der Waals surface area (Å²) < 4.78 is 11.6. The number of β-amino-alcohol motifs (C(OH)–C–C–N with tert-alkyl or cyclic N) is 1. The molecule has 0 bridgehead atoms. The zero-order valence-electron chi connectivity index (χ0n) is 14.8. The average Bonchev–Trinajstić information content (AvgIpc) is 2.65. The average molecular weight is 363 g/mol. The van der Waals surface area contributed by atoms with E-state index in [-0.39, 0.29) is 56.2 Å². The Bertz CT molecular complexity index is 627. The molecule has 1 aromatic rings. The van der Waals surface area contributed by atoms with Crippen LogP contribution >= 0.6 is 0 Å². The zero-order chi connectivity index (χ0) is 18.5. The van der Waals surface area contributed by atoms with Gasteiger partial charge in [-0.25, -0.2) is 0 Å². The first kappa shape index (κ1) is 18.8. The smallest absolute Gasteiger partial charge is 0.272 e. The molecule has 142 valence electrons. The van der Waals surface area contributed by atoms with Crippen molar-refractivity contribution in [2.45, 2.75) is 43.6 Å². The quantitative estimate of drug-likeness (QED) is 0.782. The molecule has 2 fully saturated rings. The van der Waals surface area contributed by atoms with Gasteiger partial charge in [-0.05, 0) is 25.0 Å². The molecule has 2 aliphatic rings. The summed E-state index contributed by atoms with van der Waals surface area (Å²) in [6.45, 7) is 0.580. The highest BCUT2D eigenvalue weighted by molar-refractivity contribution is 5.92. The lowest BCUT2D eigenvalue weighted by Crippen LogP contribution is -2.57. The Morgan fingerprint density at radius 1 is 1.35 bits per heavy atom. The fraction of sp³-hybridized carbons (Fsp3) is 0.611. The largest absolute Gasteiger partial charge is 0.389 e. The second-order valence-corrected chi connectivity index (χ2v) is 6.68. The molecule has 2 amide bonds. The third-order valence-corrected chi connectivity index (χ3v) is 4.82. The van der Waals surface area contributed by atoms with Crippen molar-refractivity contribution in [1.82, 2.24) is 15.2 Å². The zero-order valence-corrected chi connectivity index (χ0v) is 14.8. The number of carbonyl (C=O) groups excluding carboxylic acids is 2. The Morgan fingerprint density at radius 3 is 2.92 bits per heavy atom. The number of aliphatic hydroxyl groups is 1. The van der Waals surface area contributed by atoms with Gasteiger partial charge in [0.15, 0.2) is 0 Å². The number of carbonyl (C=O) groups is 2. The first-order chi connectivity index (χ1) is 12.6. The number of pyridine rings is 1. The molecule has 0 aliphatic carbocycles. The summed E-state index contributed by atoms with van der Waals surface area (Å²) in [6, 6.07) is 4.96. The van der Waals surface area contributed by atoms with Crippen molar-refractivity contribution >= 4 is 11.8 Å². The van der Waals surface area contributed by atoms with Gasteiger partial charge in [0.05, 0.1) is 37.9 Å². The number of nitrogens with one attached hydrogen (secondary N) is 1. The Morgan fingerprint density at radius 2 is 2.19 bits per heavy atom. The van der Waals surface area contributed by atoms with Crippen LogP contribution in [0, 0.1) is 0 Å². The molecule has 0 aromatic carbocycles. The molecule has 0 radical (unpaired) electrons. The van der Waals surface area contributed by atoms with E-state index < -0.39 is 6.10 Å². The van der Waals surface area contributed by atoms with E-state index in [0.29, 0.717) is 18.5 Å². The van der Waals surface area contributed by atoms with Gasteiger partial charge < -0.3 is 24.8 Å². The first-order valence-electron chi connectivity index (χ1n) is 8.92. The minimum atomic E-state index is -0.757. The van der Waals surface area contributed by atoms with Gasteiger partial charge in [-0.2, -0.15) is 0 Å².